The average Bonchev–Trinajstić information content (AvgIpc) is 3.60. The van der Waals surface area contributed by atoms with Crippen molar-refractivity contribution in [3.05, 3.63) is 143 Å². The second kappa shape index (κ2) is 10.6. The number of aromatic nitrogens is 2. The normalized spacial score (nSPS) is 12.0. The van der Waals surface area contributed by atoms with Crippen LogP contribution in [-0.4, -0.2) is 9.13 Å². The third-order valence-corrected chi connectivity index (χ3v) is 9.65. The Labute approximate surface area is 275 Å². The van der Waals surface area contributed by atoms with E-state index in [1.165, 1.54) is 6.07 Å². The second-order valence-electron chi connectivity index (χ2n) is 12.6. The quantitative estimate of drug-likeness (QED) is 0.191. The van der Waals surface area contributed by atoms with Crippen LogP contribution < -0.4 is 0 Å². The second-order valence-corrected chi connectivity index (χ2v) is 12.6. The van der Waals surface area contributed by atoms with Gasteiger partial charge in [-0.3, -0.25) is 0 Å². The molecule has 0 N–H and O–H groups in total. The highest BCUT2D eigenvalue weighted by molar-refractivity contribution is 6.14. The monoisotopic (exact) mass is 633 g/mol. The van der Waals surface area contributed by atoms with Gasteiger partial charge in [-0.15, -0.1) is 0 Å². The first-order chi connectivity index (χ1) is 23.1. The van der Waals surface area contributed by atoms with Gasteiger partial charge in [-0.05, 0) is 104 Å². The maximum absolute atomic E-state index is 15.6. The van der Waals surface area contributed by atoms with E-state index >= 15 is 13.2 Å². The van der Waals surface area contributed by atoms with Crippen molar-refractivity contribution >= 4 is 43.6 Å². The lowest BCUT2D eigenvalue weighted by atomic mass is 9.94. The highest BCUT2D eigenvalue weighted by atomic mass is 19.4. The van der Waals surface area contributed by atoms with E-state index < -0.39 is 11.7 Å². The first kappa shape index (κ1) is 29.6. The van der Waals surface area contributed by atoms with Gasteiger partial charge in [0.05, 0.1) is 45.0 Å². The summed E-state index contributed by atoms with van der Waals surface area (Å²) >= 11 is 0. The van der Waals surface area contributed by atoms with Crippen LogP contribution in [0.3, 0.4) is 0 Å². The van der Waals surface area contributed by atoms with E-state index in [1.54, 1.807) is 24.3 Å². The molecule has 0 fully saturated rings. The van der Waals surface area contributed by atoms with Crippen molar-refractivity contribution < 1.29 is 13.2 Å². The molecule has 0 aliphatic rings. The van der Waals surface area contributed by atoms with Crippen molar-refractivity contribution in [3.8, 4) is 28.6 Å². The summed E-state index contributed by atoms with van der Waals surface area (Å²) in [6, 6.07) is 35.6. The SMILES string of the molecule is Cc1cccc2c1c1c(C)cccc1n2-c1cc(-n2c3cccc(C)c3c3c(C)cccc32)c(-c2cccc(C#N)c2)c(C(F)(F)F)c1. The van der Waals surface area contributed by atoms with Gasteiger partial charge >= 0.3 is 6.18 Å². The fourth-order valence-corrected chi connectivity index (χ4v) is 7.64. The van der Waals surface area contributed by atoms with E-state index in [2.05, 4.69) is 6.07 Å². The van der Waals surface area contributed by atoms with Crippen LogP contribution in [0, 0.1) is 39.0 Å². The number of hydrogen-bond acceptors (Lipinski definition) is 1. The van der Waals surface area contributed by atoms with Crippen molar-refractivity contribution in [2.24, 2.45) is 0 Å². The number of hydrogen-bond donors (Lipinski definition) is 0. The van der Waals surface area contributed by atoms with E-state index in [0.717, 1.165) is 65.9 Å². The summed E-state index contributed by atoms with van der Waals surface area (Å²) in [5.74, 6) is 0. The summed E-state index contributed by atoms with van der Waals surface area (Å²) in [6.07, 6.45) is -4.71. The average molecular weight is 634 g/mol. The molecule has 0 aliphatic heterocycles. The Morgan fingerprint density at radius 1 is 0.542 bits per heavy atom. The summed E-state index contributed by atoms with van der Waals surface area (Å²) in [6.45, 7) is 8.16. The zero-order valence-corrected chi connectivity index (χ0v) is 26.9. The number of benzene rings is 6. The van der Waals surface area contributed by atoms with E-state index in [4.69, 9.17) is 0 Å². The minimum absolute atomic E-state index is 0.0262. The van der Waals surface area contributed by atoms with Crippen LogP contribution in [0.2, 0.25) is 0 Å². The van der Waals surface area contributed by atoms with Crippen LogP contribution in [-0.2, 0) is 6.18 Å². The summed E-state index contributed by atoms with van der Waals surface area (Å²) in [4.78, 5) is 0. The van der Waals surface area contributed by atoms with Gasteiger partial charge in [-0.2, -0.15) is 18.4 Å². The molecule has 8 rings (SSSR count). The van der Waals surface area contributed by atoms with Crippen LogP contribution >= 0.6 is 0 Å². The molecule has 3 nitrogen and oxygen atoms in total. The lowest BCUT2D eigenvalue weighted by Gasteiger charge is -2.22. The number of rotatable bonds is 3. The molecular weight excluding hydrogens is 603 g/mol. The van der Waals surface area contributed by atoms with Gasteiger partial charge in [-0.25, -0.2) is 0 Å². The molecular formula is C42H30F3N3. The van der Waals surface area contributed by atoms with Crippen molar-refractivity contribution in [2.45, 2.75) is 33.9 Å². The summed E-state index contributed by atoms with van der Waals surface area (Å²) in [5.41, 5.74) is 8.17. The van der Waals surface area contributed by atoms with Crippen LogP contribution in [0.4, 0.5) is 13.2 Å². The minimum Gasteiger partial charge on any atom is -0.309 e. The standard InChI is InChI=1S/C42H30F3N3/c1-24-10-5-16-32-37(24)38-25(2)11-6-17-33(38)47(32)30-21-31(42(43,44)45)41(29-15-9-14-28(20-29)23-46)36(22-30)48-34-18-7-12-26(3)39(34)40-27(4)13-8-19-35(40)48/h5-22H,1-4H3. The van der Waals surface area contributed by atoms with Crippen molar-refractivity contribution in [1.29, 1.82) is 5.26 Å². The summed E-state index contributed by atoms with van der Waals surface area (Å²) in [5, 5.41) is 13.8. The number of aryl methyl sites for hydroxylation is 4. The van der Waals surface area contributed by atoms with Gasteiger partial charge in [0.15, 0.2) is 0 Å². The van der Waals surface area contributed by atoms with Crippen molar-refractivity contribution in [1.82, 2.24) is 9.13 Å². The summed E-state index contributed by atoms with van der Waals surface area (Å²) < 4.78 is 50.7. The van der Waals surface area contributed by atoms with Gasteiger partial charge in [-0.1, -0.05) is 60.7 Å². The molecule has 0 radical (unpaired) electrons. The number of halogens is 3. The molecule has 0 saturated carbocycles. The maximum atomic E-state index is 15.6. The third kappa shape index (κ3) is 4.28. The lowest BCUT2D eigenvalue weighted by Crippen LogP contribution is -2.12. The zero-order chi connectivity index (χ0) is 33.5. The fourth-order valence-electron chi connectivity index (χ4n) is 7.64. The number of nitriles is 1. The number of alkyl halides is 3. The van der Waals surface area contributed by atoms with Gasteiger partial charge < -0.3 is 9.13 Å². The molecule has 0 spiro atoms. The minimum atomic E-state index is -4.71. The molecule has 2 heterocycles. The molecule has 2 aromatic heterocycles. The highest BCUT2D eigenvalue weighted by Crippen LogP contribution is 2.46. The molecule has 0 atom stereocenters. The van der Waals surface area contributed by atoms with Gasteiger partial charge in [0.2, 0.25) is 0 Å². The zero-order valence-electron chi connectivity index (χ0n) is 26.9. The largest absolute Gasteiger partial charge is 0.417 e. The topological polar surface area (TPSA) is 33.6 Å². The van der Waals surface area contributed by atoms with Gasteiger partial charge in [0, 0.05) is 32.8 Å². The molecule has 234 valence electrons. The number of nitrogens with zero attached hydrogens (tertiary/aromatic N) is 3. The van der Waals surface area contributed by atoms with Crippen molar-refractivity contribution in [2.75, 3.05) is 0 Å². The first-order valence-corrected chi connectivity index (χ1v) is 15.8. The molecule has 0 unspecified atom stereocenters. The van der Waals surface area contributed by atoms with Crippen LogP contribution in [0.1, 0.15) is 33.4 Å². The van der Waals surface area contributed by atoms with E-state index in [1.807, 2.05) is 116 Å². The van der Waals surface area contributed by atoms with Crippen LogP contribution in [0.5, 0.6) is 0 Å². The highest BCUT2D eigenvalue weighted by Gasteiger charge is 2.37. The Hall–Kier alpha value is -5.80. The van der Waals surface area contributed by atoms with E-state index in [0.29, 0.717) is 16.9 Å². The molecule has 6 heteroatoms. The van der Waals surface area contributed by atoms with Crippen LogP contribution in [0.25, 0.3) is 66.1 Å². The van der Waals surface area contributed by atoms with Crippen LogP contribution in [0.15, 0.2) is 109 Å². The maximum Gasteiger partial charge on any atom is 0.417 e. The number of fused-ring (bicyclic) bond motifs is 6. The molecule has 0 saturated heterocycles. The predicted octanol–water partition coefficient (Wildman–Crippen LogP) is 11.7. The third-order valence-electron chi connectivity index (χ3n) is 9.65. The van der Waals surface area contributed by atoms with Gasteiger partial charge in [0.1, 0.15) is 0 Å². The van der Waals surface area contributed by atoms with E-state index in [-0.39, 0.29) is 11.1 Å². The molecule has 6 aromatic carbocycles. The Morgan fingerprint density at radius 2 is 0.979 bits per heavy atom. The smallest absolute Gasteiger partial charge is 0.309 e. The molecule has 0 aliphatic carbocycles. The molecule has 8 aromatic rings. The lowest BCUT2D eigenvalue weighted by molar-refractivity contribution is -0.137. The Kier molecular flexibility index (Phi) is 6.54. The van der Waals surface area contributed by atoms with Crippen molar-refractivity contribution in [3.63, 3.8) is 0 Å². The summed E-state index contributed by atoms with van der Waals surface area (Å²) in [7, 11) is 0. The Balaban J connectivity index is 1.62. The molecule has 48 heavy (non-hydrogen) atoms. The Morgan fingerprint density at radius 3 is 1.42 bits per heavy atom. The van der Waals surface area contributed by atoms with E-state index in [9.17, 15) is 5.26 Å². The predicted molar refractivity (Wildman–Crippen MR) is 189 cm³/mol. The fraction of sp³-hybridized carbons (Fsp3) is 0.119. The first-order valence-electron chi connectivity index (χ1n) is 15.8. The Bertz CT molecular complexity index is 2540. The molecule has 0 bridgehead atoms. The molecule has 0 amide bonds. The van der Waals surface area contributed by atoms with Gasteiger partial charge in [0.25, 0.3) is 0 Å².